The highest BCUT2D eigenvalue weighted by Gasteiger charge is 2.10. The van der Waals surface area contributed by atoms with Crippen molar-refractivity contribution in [3.05, 3.63) is 60.3 Å². The number of rotatable bonds is 8. The SMILES string of the molecule is CCC(=O)Nc1ccc(C(=O)NCCNC(=O)c2ccc(-n3cncn3)nn2)cc1. The minimum Gasteiger partial charge on any atom is -0.350 e. The zero-order chi connectivity index (χ0) is 21.3. The lowest BCUT2D eigenvalue weighted by Crippen LogP contribution is -2.35. The van der Waals surface area contributed by atoms with Gasteiger partial charge in [0.1, 0.15) is 12.7 Å². The number of hydrogen-bond acceptors (Lipinski definition) is 7. The van der Waals surface area contributed by atoms with Gasteiger partial charge < -0.3 is 16.0 Å². The predicted octanol–water partition coefficient (Wildman–Crippen LogP) is 0.566. The largest absolute Gasteiger partial charge is 0.350 e. The van der Waals surface area contributed by atoms with Gasteiger partial charge in [0.25, 0.3) is 11.8 Å². The zero-order valence-corrected chi connectivity index (χ0v) is 16.2. The minimum atomic E-state index is -0.405. The number of nitrogens with zero attached hydrogens (tertiary/aromatic N) is 5. The van der Waals surface area contributed by atoms with Crippen LogP contribution in [0.4, 0.5) is 5.69 Å². The summed E-state index contributed by atoms with van der Waals surface area (Å²) in [7, 11) is 0. The Morgan fingerprint density at radius 1 is 0.933 bits per heavy atom. The molecule has 30 heavy (non-hydrogen) atoms. The maximum atomic E-state index is 12.2. The Morgan fingerprint density at radius 2 is 1.67 bits per heavy atom. The second-order valence-corrected chi connectivity index (χ2v) is 6.11. The smallest absolute Gasteiger partial charge is 0.271 e. The molecular weight excluding hydrogens is 388 g/mol. The first-order chi connectivity index (χ1) is 14.6. The molecule has 1 aromatic carbocycles. The van der Waals surface area contributed by atoms with Crippen molar-refractivity contribution in [3.63, 3.8) is 0 Å². The molecule has 3 aromatic rings. The van der Waals surface area contributed by atoms with Gasteiger partial charge >= 0.3 is 0 Å². The first-order valence-electron chi connectivity index (χ1n) is 9.22. The molecule has 0 fully saturated rings. The van der Waals surface area contributed by atoms with Crippen LogP contribution in [-0.4, -0.2) is 55.8 Å². The van der Waals surface area contributed by atoms with Crippen molar-refractivity contribution in [1.29, 1.82) is 0 Å². The van der Waals surface area contributed by atoms with Crippen LogP contribution in [0, 0.1) is 0 Å². The number of anilines is 1. The second kappa shape index (κ2) is 9.87. The summed E-state index contributed by atoms with van der Waals surface area (Å²) >= 11 is 0. The van der Waals surface area contributed by atoms with E-state index in [9.17, 15) is 14.4 Å². The number of carbonyl (C=O) groups is 3. The number of aromatic nitrogens is 5. The highest BCUT2D eigenvalue weighted by molar-refractivity contribution is 5.96. The van der Waals surface area contributed by atoms with Gasteiger partial charge in [-0.1, -0.05) is 6.92 Å². The van der Waals surface area contributed by atoms with Crippen molar-refractivity contribution in [3.8, 4) is 5.82 Å². The average Bonchev–Trinajstić information content (AvgIpc) is 3.32. The average molecular weight is 408 g/mol. The van der Waals surface area contributed by atoms with Crippen LogP contribution in [0.5, 0.6) is 0 Å². The first kappa shape index (κ1) is 20.6. The van der Waals surface area contributed by atoms with E-state index in [1.807, 2.05) is 0 Å². The maximum absolute atomic E-state index is 12.2. The van der Waals surface area contributed by atoms with Crippen LogP contribution in [0.1, 0.15) is 34.2 Å². The molecule has 0 bridgehead atoms. The quantitative estimate of drug-likeness (QED) is 0.462. The van der Waals surface area contributed by atoms with Gasteiger partial charge in [0.05, 0.1) is 0 Å². The third-order valence-electron chi connectivity index (χ3n) is 3.98. The maximum Gasteiger partial charge on any atom is 0.271 e. The number of benzene rings is 1. The van der Waals surface area contributed by atoms with Gasteiger partial charge in [0.15, 0.2) is 11.5 Å². The zero-order valence-electron chi connectivity index (χ0n) is 16.2. The summed E-state index contributed by atoms with van der Waals surface area (Å²) in [6, 6.07) is 9.68. The van der Waals surface area contributed by atoms with Crippen molar-refractivity contribution in [2.24, 2.45) is 0 Å². The molecule has 2 aromatic heterocycles. The summed E-state index contributed by atoms with van der Waals surface area (Å²) in [6.07, 6.45) is 3.22. The Hall–Kier alpha value is -4.15. The Labute approximate surface area is 171 Å². The van der Waals surface area contributed by atoms with Gasteiger partial charge in [0, 0.05) is 30.8 Å². The van der Waals surface area contributed by atoms with E-state index in [2.05, 4.69) is 36.2 Å². The van der Waals surface area contributed by atoms with E-state index in [4.69, 9.17) is 0 Å². The normalized spacial score (nSPS) is 10.3. The van der Waals surface area contributed by atoms with Gasteiger partial charge in [-0.05, 0) is 36.4 Å². The molecule has 11 nitrogen and oxygen atoms in total. The van der Waals surface area contributed by atoms with Crippen LogP contribution < -0.4 is 16.0 Å². The molecule has 0 saturated carbocycles. The summed E-state index contributed by atoms with van der Waals surface area (Å²) in [5, 5.41) is 19.8. The molecule has 0 radical (unpaired) electrons. The van der Waals surface area contributed by atoms with Crippen molar-refractivity contribution in [1.82, 2.24) is 35.6 Å². The molecule has 0 aliphatic heterocycles. The molecule has 0 saturated heterocycles. The summed E-state index contributed by atoms with van der Waals surface area (Å²) < 4.78 is 1.43. The minimum absolute atomic E-state index is 0.0966. The number of nitrogens with one attached hydrogen (secondary N) is 3. The molecule has 0 aliphatic rings. The van der Waals surface area contributed by atoms with E-state index in [1.54, 1.807) is 37.3 Å². The van der Waals surface area contributed by atoms with Crippen LogP contribution in [0.15, 0.2) is 49.1 Å². The van der Waals surface area contributed by atoms with E-state index in [-0.39, 0.29) is 30.6 Å². The molecule has 11 heteroatoms. The molecule has 0 unspecified atom stereocenters. The molecule has 2 heterocycles. The topological polar surface area (TPSA) is 144 Å². The fraction of sp³-hybridized carbons (Fsp3) is 0.211. The highest BCUT2D eigenvalue weighted by atomic mass is 16.2. The Bertz CT molecular complexity index is 1000. The molecular formula is C19H20N8O3. The monoisotopic (exact) mass is 408 g/mol. The third kappa shape index (κ3) is 5.44. The van der Waals surface area contributed by atoms with Gasteiger partial charge in [-0.3, -0.25) is 14.4 Å². The lowest BCUT2D eigenvalue weighted by atomic mass is 10.2. The van der Waals surface area contributed by atoms with Crippen LogP contribution in [0.3, 0.4) is 0 Å². The Balaban J connectivity index is 1.42. The molecule has 0 aliphatic carbocycles. The second-order valence-electron chi connectivity index (χ2n) is 6.11. The van der Waals surface area contributed by atoms with Gasteiger partial charge in [-0.15, -0.1) is 10.2 Å². The lowest BCUT2D eigenvalue weighted by Gasteiger charge is -2.08. The Morgan fingerprint density at radius 3 is 2.27 bits per heavy atom. The number of hydrogen-bond donors (Lipinski definition) is 3. The van der Waals surface area contributed by atoms with Crippen LogP contribution in [-0.2, 0) is 4.79 Å². The van der Waals surface area contributed by atoms with Crippen LogP contribution in [0.2, 0.25) is 0 Å². The fourth-order valence-electron chi connectivity index (χ4n) is 2.39. The summed E-state index contributed by atoms with van der Waals surface area (Å²) in [4.78, 5) is 39.4. The van der Waals surface area contributed by atoms with Crippen molar-refractivity contribution in [2.75, 3.05) is 18.4 Å². The summed E-state index contributed by atoms with van der Waals surface area (Å²) in [5.41, 5.74) is 1.22. The summed E-state index contributed by atoms with van der Waals surface area (Å²) in [6.45, 7) is 2.22. The van der Waals surface area contributed by atoms with Crippen molar-refractivity contribution < 1.29 is 14.4 Å². The molecule has 3 amide bonds. The van der Waals surface area contributed by atoms with Gasteiger partial charge in [-0.2, -0.15) is 5.10 Å². The molecule has 154 valence electrons. The van der Waals surface area contributed by atoms with E-state index in [0.717, 1.165) is 0 Å². The van der Waals surface area contributed by atoms with Crippen LogP contribution in [0.25, 0.3) is 5.82 Å². The number of amides is 3. The van der Waals surface area contributed by atoms with Crippen molar-refractivity contribution in [2.45, 2.75) is 13.3 Å². The molecule has 0 spiro atoms. The standard InChI is InChI=1S/C19H20N8O3/c1-2-17(28)24-14-5-3-13(4-6-14)18(29)21-9-10-22-19(30)15-7-8-16(26-25-15)27-12-20-11-23-27/h3-8,11-12H,2,9-10H2,1H3,(H,21,29)(H,22,30)(H,24,28). The van der Waals surface area contributed by atoms with Gasteiger partial charge in [-0.25, -0.2) is 9.67 Å². The molecule has 3 N–H and O–H groups in total. The fourth-order valence-corrected chi connectivity index (χ4v) is 2.39. The van der Waals surface area contributed by atoms with E-state index in [0.29, 0.717) is 23.5 Å². The molecule has 0 atom stereocenters. The van der Waals surface area contributed by atoms with Crippen LogP contribution >= 0.6 is 0 Å². The third-order valence-corrected chi connectivity index (χ3v) is 3.98. The number of carbonyl (C=O) groups excluding carboxylic acids is 3. The lowest BCUT2D eigenvalue weighted by molar-refractivity contribution is -0.115. The van der Waals surface area contributed by atoms with E-state index >= 15 is 0 Å². The Kier molecular flexibility index (Phi) is 6.77. The van der Waals surface area contributed by atoms with E-state index in [1.165, 1.54) is 23.4 Å². The predicted molar refractivity (Wildman–Crippen MR) is 107 cm³/mol. The summed E-state index contributed by atoms with van der Waals surface area (Å²) in [5.74, 6) is -0.343. The van der Waals surface area contributed by atoms with Crippen molar-refractivity contribution >= 4 is 23.4 Å². The molecule has 3 rings (SSSR count). The van der Waals surface area contributed by atoms with Gasteiger partial charge in [0.2, 0.25) is 5.91 Å². The highest BCUT2D eigenvalue weighted by Crippen LogP contribution is 2.09. The van der Waals surface area contributed by atoms with E-state index < -0.39 is 5.91 Å². The first-order valence-corrected chi connectivity index (χ1v) is 9.22.